The number of fused-ring (bicyclic) bond motifs is 4. The molecule has 33 heavy (non-hydrogen) atoms. The molecule has 5 nitrogen and oxygen atoms in total. The quantitative estimate of drug-likeness (QED) is 0.377. The third-order valence-electron chi connectivity index (χ3n) is 7.83. The molecule has 3 fully saturated rings. The Kier molecular flexibility index (Phi) is 5.13. The molecule has 0 spiro atoms. The summed E-state index contributed by atoms with van der Waals surface area (Å²) in [4.78, 5) is 21.3. The Morgan fingerprint density at radius 1 is 1.03 bits per heavy atom. The fourth-order valence-corrected chi connectivity index (χ4v) is 6.16. The van der Waals surface area contributed by atoms with Gasteiger partial charge in [-0.05, 0) is 55.8 Å². The first-order valence-electron chi connectivity index (χ1n) is 11.7. The zero-order chi connectivity index (χ0) is 22.5. The van der Waals surface area contributed by atoms with Gasteiger partial charge in [0.15, 0.2) is 17.3 Å². The number of nitrogens with zero attached hydrogens (tertiary/aromatic N) is 4. The molecule has 4 aromatic rings. The first-order chi connectivity index (χ1) is 16.1. The van der Waals surface area contributed by atoms with Crippen molar-refractivity contribution in [2.45, 2.75) is 39.0 Å². The molecule has 3 aliphatic rings. The summed E-state index contributed by atoms with van der Waals surface area (Å²) < 4.78 is 15.9. The number of halogens is 2. The van der Waals surface area contributed by atoms with E-state index in [2.05, 4.69) is 26.9 Å². The Hall–Kier alpha value is -2.86. The van der Waals surface area contributed by atoms with Crippen LogP contribution >= 0.6 is 11.6 Å². The van der Waals surface area contributed by atoms with Crippen molar-refractivity contribution >= 4 is 22.8 Å². The SMILES string of the molecule is C[C@@H]1C2CCC(CC2)[C@H]1Cc1nc(-c2c[nH]c3ncc(Cl)nc23)nc(-c2ccccc2)c1F. The number of hydrogen-bond donors (Lipinski definition) is 1. The fourth-order valence-electron chi connectivity index (χ4n) is 6.03. The molecule has 3 aliphatic carbocycles. The maximum Gasteiger partial charge on any atom is 0.170 e. The van der Waals surface area contributed by atoms with Gasteiger partial charge in [0, 0.05) is 11.8 Å². The number of aromatic amines is 1. The molecule has 0 radical (unpaired) electrons. The van der Waals surface area contributed by atoms with Crippen LogP contribution in [0, 0.1) is 29.5 Å². The van der Waals surface area contributed by atoms with E-state index in [0.29, 0.717) is 63.3 Å². The highest BCUT2D eigenvalue weighted by atomic mass is 35.5. The van der Waals surface area contributed by atoms with Crippen LogP contribution < -0.4 is 0 Å². The number of H-pyrrole nitrogens is 1. The van der Waals surface area contributed by atoms with Gasteiger partial charge in [-0.2, -0.15) is 0 Å². The van der Waals surface area contributed by atoms with E-state index >= 15 is 4.39 Å². The normalized spacial score (nSPS) is 24.5. The van der Waals surface area contributed by atoms with E-state index in [1.165, 1.54) is 31.9 Å². The van der Waals surface area contributed by atoms with Crippen molar-refractivity contribution in [3.05, 3.63) is 59.4 Å². The molecule has 0 aliphatic heterocycles. The maximum atomic E-state index is 15.9. The molecule has 0 unspecified atom stereocenters. The molecule has 3 heterocycles. The van der Waals surface area contributed by atoms with Crippen LogP contribution in [0.1, 0.15) is 38.3 Å². The minimum Gasteiger partial charge on any atom is -0.344 e. The number of rotatable bonds is 4. The lowest BCUT2D eigenvalue weighted by Gasteiger charge is -2.47. The molecule has 3 aromatic heterocycles. The molecular weight excluding hydrogens is 437 g/mol. The van der Waals surface area contributed by atoms with E-state index in [0.717, 1.165) is 11.5 Å². The van der Waals surface area contributed by atoms with E-state index in [1.54, 1.807) is 6.20 Å². The molecule has 2 atom stereocenters. The predicted octanol–water partition coefficient (Wildman–Crippen LogP) is 6.49. The Morgan fingerprint density at radius 2 is 1.79 bits per heavy atom. The van der Waals surface area contributed by atoms with Gasteiger partial charge in [0.2, 0.25) is 0 Å². The van der Waals surface area contributed by atoms with E-state index in [-0.39, 0.29) is 5.82 Å². The van der Waals surface area contributed by atoms with E-state index in [9.17, 15) is 0 Å². The van der Waals surface area contributed by atoms with Gasteiger partial charge in [0.05, 0.1) is 17.5 Å². The lowest BCUT2D eigenvalue weighted by molar-refractivity contribution is 0.0334. The summed E-state index contributed by atoms with van der Waals surface area (Å²) in [6.45, 7) is 2.34. The Balaban J connectivity index is 1.49. The van der Waals surface area contributed by atoms with Crippen molar-refractivity contribution in [3.8, 4) is 22.6 Å². The maximum absolute atomic E-state index is 15.9. The van der Waals surface area contributed by atoms with E-state index in [1.807, 2.05) is 30.3 Å². The van der Waals surface area contributed by atoms with Crippen LogP contribution in [0.4, 0.5) is 4.39 Å². The van der Waals surface area contributed by atoms with Crippen molar-refractivity contribution in [1.82, 2.24) is 24.9 Å². The van der Waals surface area contributed by atoms with Crippen molar-refractivity contribution < 1.29 is 4.39 Å². The first-order valence-corrected chi connectivity index (χ1v) is 12.1. The van der Waals surface area contributed by atoms with Crippen LogP contribution in [0.15, 0.2) is 42.7 Å². The Bertz CT molecular complexity index is 1310. The fraction of sp³-hybridized carbons (Fsp3) is 0.385. The Labute approximate surface area is 196 Å². The van der Waals surface area contributed by atoms with Gasteiger partial charge in [-0.1, -0.05) is 48.9 Å². The van der Waals surface area contributed by atoms with E-state index < -0.39 is 0 Å². The highest BCUT2D eigenvalue weighted by molar-refractivity contribution is 6.29. The van der Waals surface area contributed by atoms with Crippen LogP contribution in [0.2, 0.25) is 5.15 Å². The van der Waals surface area contributed by atoms with Crippen LogP contribution in [-0.2, 0) is 6.42 Å². The molecule has 1 N–H and O–H groups in total. The van der Waals surface area contributed by atoms with Gasteiger partial charge in [0.1, 0.15) is 16.4 Å². The second-order valence-corrected chi connectivity index (χ2v) is 9.90. The minimum atomic E-state index is -0.317. The highest BCUT2D eigenvalue weighted by Gasteiger charge is 2.41. The average Bonchev–Trinajstić information content (AvgIpc) is 3.26. The standard InChI is InChI=1S/C26H25ClFN5/c1-14-15-7-9-16(10-8-15)18(14)11-20-22(28)23(17-5-3-2-4-6-17)33-25(31-20)19-12-29-26-24(19)32-21(27)13-30-26/h2-6,12-16,18H,7-11H2,1H3,(H,29,30)/t14-,15?,16?,18+/m1/s1. The van der Waals surface area contributed by atoms with Crippen molar-refractivity contribution in [2.75, 3.05) is 0 Å². The molecule has 7 heteroatoms. The van der Waals surface area contributed by atoms with Crippen molar-refractivity contribution in [3.63, 3.8) is 0 Å². The predicted molar refractivity (Wildman–Crippen MR) is 127 cm³/mol. The zero-order valence-electron chi connectivity index (χ0n) is 18.4. The Morgan fingerprint density at radius 3 is 2.55 bits per heavy atom. The summed E-state index contributed by atoms with van der Waals surface area (Å²) >= 11 is 6.11. The average molecular weight is 462 g/mol. The lowest BCUT2D eigenvalue weighted by atomic mass is 9.58. The third kappa shape index (κ3) is 3.61. The topological polar surface area (TPSA) is 67.3 Å². The van der Waals surface area contributed by atoms with Gasteiger partial charge >= 0.3 is 0 Å². The second-order valence-electron chi connectivity index (χ2n) is 9.52. The van der Waals surface area contributed by atoms with Crippen molar-refractivity contribution in [1.29, 1.82) is 0 Å². The molecule has 7 rings (SSSR count). The molecule has 168 valence electrons. The summed E-state index contributed by atoms with van der Waals surface area (Å²) in [5, 5.41) is 0.293. The molecule has 3 saturated carbocycles. The zero-order valence-corrected chi connectivity index (χ0v) is 19.2. The summed E-state index contributed by atoms with van der Waals surface area (Å²) in [5.41, 5.74) is 3.42. The monoisotopic (exact) mass is 461 g/mol. The van der Waals surface area contributed by atoms with E-state index in [4.69, 9.17) is 16.6 Å². The molecular formula is C26H25ClFN5. The third-order valence-corrected chi connectivity index (χ3v) is 8.01. The molecule has 2 bridgehead atoms. The molecule has 1 aromatic carbocycles. The van der Waals surface area contributed by atoms with Gasteiger partial charge in [0.25, 0.3) is 0 Å². The number of hydrogen-bond acceptors (Lipinski definition) is 4. The number of nitrogens with one attached hydrogen (secondary N) is 1. The summed E-state index contributed by atoms with van der Waals surface area (Å²) in [6.07, 6.45) is 9.03. The van der Waals surface area contributed by atoms with Gasteiger partial charge in [-0.3, -0.25) is 0 Å². The summed E-state index contributed by atoms with van der Waals surface area (Å²) in [6, 6.07) is 9.49. The first kappa shape index (κ1) is 20.7. The minimum absolute atomic E-state index is 0.293. The van der Waals surface area contributed by atoms with Crippen molar-refractivity contribution in [2.24, 2.45) is 23.7 Å². The highest BCUT2D eigenvalue weighted by Crippen LogP contribution is 2.50. The van der Waals surface area contributed by atoms with Gasteiger partial charge in [-0.15, -0.1) is 0 Å². The van der Waals surface area contributed by atoms with Gasteiger partial charge in [-0.25, -0.2) is 24.3 Å². The smallest absolute Gasteiger partial charge is 0.170 e. The molecule has 0 saturated heterocycles. The largest absolute Gasteiger partial charge is 0.344 e. The second kappa shape index (κ2) is 8.17. The van der Waals surface area contributed by atoms with Crippen LogP contribution in [0.3, 0.4) is 0 Å². The molecule has 0 amide bonds. The van der Waals surface area contributed by atoms with Crippen LogP contribution in [-0.4, -0.2) is 24.9 Å². The summed E-state index contributed by atoms with van der Waals surface area (Å²) in [5.74, 6) is 2.58. The van der Waals surface area contributed by atoms with Gasteiger partial charge < -0.3 is 4.98 Å². The number of aromatic nitrogens is 5. The lowest BCUT2D eigenvalue weighted by Crippen LogP contribution is -2.39. The summed E-state index contributed by atoms with van der Waals surface area (Å²) in [7, 11) is 0. The van der Waals surface area contributed by atoms with Crippen LogP contribution in [0.5, 0.6) is 0 Å². The number of benzene rings is 1. The van der Waals surface area contributed by atoms with Crippen LogP contribution in [0.25, 0.3) is 33.8 Å².